The van der Waals surface area contributed by atoms with E-state index in [1.54, 1.807) is 0 Å². The third-order valence-corrected chi connectivity index (χ3v) is 6.24. The third kappa shape index (κ3) is 4.70. The normalized spacial score (nSPS) is 12.1. The minimum absolute atomic E-state index is 0.345. The molecular weight excluding hydrogens is 352 g/mol. The number of hydrogen-bond acceptors (Lipinski definition) is 0. The van der Waals surface area contributed by atoms with E-state index in [2.05, 4.69) is 76.0 Å². The summed E-state index contributed by atoms with van der Waals surface area (Å²) in [5.41, 5.74) is 1.79. The molecule has 1 rings (SSSR count). The lowest BCUT2D eigenvalue weighted by Gasteiger charge is -2.33. The number of halogens is 2. The number of alkyl halides is 2. The van der Waals surface area contributed by atoms with Crippen LogP contribution in [0.3, 0.4) is 0 Å². The Bertz CT molecular complexity index is 313. The van der Waals surface area contributed by atoms with Gasteiger partial charge in [-0.1, -0.05) is 88.9 Å². The van der Waals surface area contributed by atoms with Crippen molar-refractivity contribution in [3.05, 3.63) is 35.9 Å². The molecule has 1 aromatic rings. The van der Waals surface area contributed by atoms with Gasteiger partial charge in [-0.15, -0.1) is 0 Å². The molecule has 102 valence electrons. The number of rotatable bonds is 8. The molecule has 0 atom stereocenters. The zero-order chi connectivity index (χ0) is 13.4. The minimum atomic E-state index is 0.345. The maximum atomic E-state index is 3.75. The zero-order valence-electron chi connectivity index (χ0n) is 11.5. The average Bonchev–Trinajstić information content (AvgIpc) is 2.44. The second-order valence-corrected chi connectivity index (χ2v) is 6.44. The van der Waals surface area contributed by atoms with E-state index in [0.717, 1.165) is 23.0 Å². The summed E-state index contributed by atoms with van der Waals surface area (Å²) in [4.78, 5) is 0. The van der Waals surface area contributed by atoms with Crippen LogP contribution in [0.15, 0.2) is 30.3 Å². The Kier molecular flexibility index (Phi) is 7.55. The predicted octanol–water partition coefficient (Wildman–Crippen LogP) is 5.83. The second-order valence-electron chi connectivity index (χ2n) is 5.32. The molecule has 0 saturated carbocycles. The molecule has 1 aromatic carbocycles. The highest BCUT2D eigenvalue weighted by molar-refractivity contribution is 9.09. The molecule has 2 heteroatoms. The van der Waals surface area contributed by atoms with Crippen molar-refractivity contribution in [2.45, 2.75) is 39.5 Å². The summed E-state index contributed by atoms with van der Waals surface area (Å²) in [6, 6.07) is 10.9. The van der Waals surface area contributed by atoms with Gasteiger partial charge >= 0.3 is 0 Å². The van der Waals surface area contributed by atoms with Gasteiger partial charge in [0.25, 0.3) is 0 Å². The summed E-state index contributed by atoms with van der Waals surface area (Å²) in [7, 11) is 0. The van der Waals surface area contributed by atoms with Crippen LogP contribution in [0.4, 0.5) is 0 Å². The second kappa shape index (κ2) is 8.37. The molecule has 0 unspecified atom stereocenters. The zero-order valence-corrected chi connectivity index (χ0v) is 14.6. The molecule has 0 nitrogen and oxygen atoms in total. The van der Waals surface area contributed by atoms with Crippen molar-refractivity contribution in [3.63, 3.8) is 0 Å². The van der Waals surface area contributed by atoms with Crippen molar-refractivity contribution in [3.8, 4) is 0 Å². The van der Waals surface area contributed by atoms with Gasteiger partial charge in [-0.05, 0) is 29.7 Å². The van der Waals surface area contributed by atoms with Gasteiger partial charge in [-0.3, -0.25) is 0 Å². The van der Waals surface area contributed by atoms with Crippen molar-refractivity contribution in [1.82, 2.24) is 0 Å². The number of benzene rings is 1. The summed E-state index contributed by atoms with van der Waals surface area (Å²) in [5.74, 6) is 0.837. The molecule has 0 fully saturated rings. The summed E-state index contributed by atoms with van der Waals surface area (Å²) in [6.07, 6.45) is 5.02. The summed E-state index contributed by atoms with van der Waals surface area (Å²) >= 11 is 7.50. The largest absolute Gasteiger partial charge is 0.0922 e. The Morgan fingerprint density at radius 3 is 2.00 bits per heavy atom. The SMILES string of the molecule is CCC(CC)CC(CBr)(CBr)Cc1ccccc1. The van der Waals surface area contributed by atoms with Gasteiger partial charge in [0.05, 0.1) is 0 Å². The Labute approximate surface area is 129 Å². The first-order chi connectivity index (χ1) is 8.69. The molecule has 0 N–H and O–H groups in total. The fourth-order valence-corrected chi connectivity index (χ4v) is 4.31. The molecule has 18 heavy (non-hydrogen) atoms. The van der Waals surface area contributed by atoms with Gasteiger partial charge in [0.15, 0.2) is 0 Å². The molecule has 0 heterocycles. The quantitative estimate of drug-likeness (QED) is 0.501. The van der Waals surface area contributed by atoms with Crippen LogP contribution >= 0.6 is 31.9 Å². The van der Waals surface area contributed by atoms with Crippen LogP contribution in [0.25, 0.3) is 0 Å². The molecule has 0 aromatic heterocycles. The lowest BCUT2D eigenvalue weighted by molar-refractivity contribution is 0.270. The van der Waals surface area contributed by atoms with E-state index >= 15 is 0 Å². The van der Waals surface area contributed by atoms with E-state index in [9.17, 15) is 0 Å². The van der Waals surface area contributed by atoms with Crippen molar-refractivity contribution < 1.29 is 0 Å². The Hall–Kier alpha value is 0.180. The van der Waals surface area contributed by atoms with Gasteiger partial charge in [0.1, 0.15) is 0 Å². The van der Waals surface area contributed by atoms with E-state index in [4.69, 9.17) is 0 Å². The maximum absolute atomic E-state index is 3.75. The van der Waals surface area contributed by atoms with E-state index < -0.39 is 0 Å². The van der Waals surface area contributed by atoms with Gasteiger partial charge in [-0.25, -0.2) is 0 Å². The first kappa shape index (κ1) is 16.2. The van der Waals surface area contributed by atoms with E-state index in [-0.39, 0.29) is 0 Å². The predicted molar refractivity (Wildman–Crippen MR) is 88.9 cm³/mol. The summed E-state index contributed by atoms with van der Waals surface area (Å²) in [5, 5.41) is 2.13. The van der Waals surface area contributed by atoms with Crippen molar-refractivity contribution >= 4 is 31.9 Å². The Balaban J connectivity index is 2.79. The van der Waals surface area contributed by atoms with Crippen LogP contribution in [-0.2, 0) is 6.42 Å². The number of hydrogen-bond donors (Lipinski definition) is 0. The molecule has 0 aliphatic heterocycles. The fraction of sp³-hybridized carbons (Fsp3) is 0.625. The highest BCUT2D eigenvalue weighted by atomic mass is 79.9. The molecule has 0 amide bonds. The Morgan fingerprint density at radius 1 is 1.00 bits per heavy atom. The van der Waals surface area contributed by atoms with Crippen LogP contribution in [0.5, 0.6) is 0 Å². The lowest BCUT2D eigenvalue weighted by Crippen LogP contribution is -2.30. The van der Waals surface area contributed by atoms with Crippen LogP contribution in [0.2, 0.25) is 0 Å². The van der Waals surface area contributed by atoms with Crippen molar-refractivity contribution in [1.29, 1.82) is 0 Å². The Morgan fingerprint density at radius 2 is 1.56 bits per heavy atom. The van der Waals surface area contributed by atoms with Crippen molar-refractivity contribution in [2.75, 3.05) is 10.7 Å². The summed E-state index contributed by atoms with van der Waals surface area (Å²) in [6.45, 7) is 4.62. The van der Waals surface area contributed by atoms with Crippen molar-refractivity contribution in [2.24, 2.45) is 11.3 Å². The smallest absolute Gasteiger partial charge is 0.00992 e. The van der Waals surface area contributed by atoms with Crippen LogP contribution < -0.4 is 0 Å². The highest BCUT2D eigenvalue weighted by Crippen LogP contribution is 2.36. The highest BCUT2D eigenvalue weighted by Gasteiger charge is 2.30. The summed E-state index contributed by atoms with van der Waals surface area (Å²) < 4.78 is 0. The molecule has 0 saturated heterocycles. The van der Waals surface area contributed by atoms with E-state index in [1.165, 1.54) is 24.8 Å². The molecular formula is C16H24Br2. The van der Waals surface area contributed by atoms with Gasteiger partial charge in [0.2, 0.25) is 0 Å². The molecule has 0 aliphatic carbocycles. The minimum Gasteiger partial charge on any atom is -0.0922 e. The van der Waals surface area contributed by atoms with Gasteiger partial charge in [-0.2, -0.15) is 0 Å². The maximum Gasteiger partial charge on any atom is 0.00992 e. The third-order valence-electron chi connectivity index (χ3n) is 3.87. The monoisotopic (exact) mass is 374 g/mol. The van der Waals surface area contributed by atoms with Crippen LogP contribution in [0, 0.1) is 11.3 Å². The van der Waals surface area contributed by atoms with Crippen LogP contribution in [-0.4, -0.2) is 10.7 Å². The van der Waals surface area contributed by atoms with E-state index in [0.29, 0.717) is 5.41 Å². The van der Waals surface area contributed by atoms with Gasteiger partial charge in [0, 0.05) is 10.7 Å². The van der Waals surface area contributed by atoms with Crippen LogP contribution in [0.1, 0.15) is 38.7 Å². The molecule has 0 spiro atoms. The molecule has 0 bridgehead atoms. The standard InChI is InChI=1S/C16H24Br2/c1-3-14(4-2)10-16(12-17,13-18)11-15-8-6-5-7-9-15/h5-9,14H,3-4,10-13H2,1-2H3. The fourth-order valence-electron chi connectivity index (χ4n) is 2.53. The van der Waals surface area contributed by atoms with E-state index in [1.807, 2.05) is 0 Å². The average molecular weight is 376 g/mol. The lowest BCUT2D eigenvalue weighted by atomic mass is 9.76. The molecule has 0 radical (unpaired) electrons. The molecule has 0 aliphatic rings. The first-order valence-corrected chi connectivity index (χ1v) is 9.09. The first-order valence-electron chi connectivity index (χ1n) is 6.85. The van der Waals surface area contributed by atoms with Gasteiger partial charge < -0.3 is 0 Å². The topological polar surface area (TPSA) is 0 Å².